The number of unbranched alkanes of at least 4 members (excludes halogenated alkanes) is 4. The fourth-order valence-electron chi connectivity index (χ4n) is 2.58. The Kier molecular flexibility index (Phi) is 6.32. The second kappa shape index (κ2) is 8.23. The summed E-state index contributed by atoms with van der Waals surface area (Å²) in [6.45, 7) is 2.48. The number of alkyl halides is 1. The molecule has 0 heterocycles. The van der Waals surface area contributed by atoms with Crippen molar-refractivity contribution in [2.24, 2.45) is 0 Å². The van der Waals surface area contributed by atoms with Gasteiger partial charge in [-0.15, -0.1) is 0 Å². The lowest BCUT2D eigenvalue weighted by molar-refractivity contribution is -0.109. The van der Waals surface area contributed by atoms with E-state index in [-0.39, 0.29) is 6.42 Å². The monoisotopic (exact) mass is 306 g/mol. The summed E-state index contributed by atoms with van der Waals surface area (Å²) in [5.41, 5.74) is 1.21. The smallest absolute Gasteiger partial charge is 0.235 e. The second-order valence-electron chi connectivity index (χ2n) is 5.74. The number of rotatable bonds is 8. The fraction of sp³-hybridized carbons (Fsp3) is 0.474. The fourth-order valence-corrected chi connectivity index (χ4v) is 2.58. The van der Waals surface area contributed by atoms with Crippen molar-refractivity contribution in [3.05, 3.63) is 53.9 Å². The molecule has 2 rings (SSSR count). The molecule has 0 aliphatic heterocycles. The summed E-state index contributed by atoms with van der Waals surface area (Å²) in [6, 6.07) is 9.19. The van der Waals surface area contributed by atoms with Crippen LogP contribution in [0.5, 0.6) is 0 Å². The molecule has 1 aliphatic carbocycles. The molecule has 1 nitrogen and oxygen atoms in total. The highest BCUT2D eigenvalue weighted by Crippen LogP contribution is 2.36. The third-order valence-electron chi connectivity index (χ3n) is 3.86. The minimum Gasteiger partial charge on any atom is -0.342 e. The normalized spacial score (nSPS) is 21.4. The van der Waals surface area contributed by atoms with Crippen molar-refractivity contribution in [1.82, 2.24) is 0 Å². The molecule has 0 spiro atoms. The van der Waals surface area contributed by atoms with Crippen LogP contribution < -0.4 is 0 Å². The van der Waals surface area contributed by atoms with Gasteiger partial charge >= 0.3 is 0 Å². The molecule has 3 heteroatoms. The summed E-state index contributed by atoms with van der Waals surface area (Å²) in [6.07, 6.45) is 7.84. The minimum absolute atomic E-state index is 0.332. The van der Waals surface area contributed by atoms with Crippen molar-refractivity contribution in [3.8, 4) is 0 Å². The highest BCUT2D eigenvalue weighted by atomic mass is 19.2. The van der Waals surface area contributed by atoms with Crippen LogP contribution in [0.1, 0.15) is 51.0 Å². The van der Waals surface area contributed by atoms with Crippen LogP contribution in [-0.2, 0) is 4.74 Å². The van der Waals surface area contributed by atoms with Gasteiger partial charge in [-0.05, 0) is 18.1 Å². The van der Waals surface area contributed by atoms with Gasteiger partial charge in [0, 0.05) is 5.57 Å². The first kappa shape index (κ1) is 16.9. The van der Waals surface area contributed by atoms with E-state index in [2.05, 4.69) is 6.92 Å². The minimum atomic E-state index is -2.01. The van der Waals surface area contributed by atoms with Gasteiger partial charge in [0.05, 0.1) is 13.0 Å². The van der Waals surface area contributed by atoms with E-state index in [1.807, 2.05) is 30.3 Å². The summed E-state index contributed by atoms with van der Waals surface area (Å²) < 4.78 is 34.0. The largest absolute Gasteiger partial charge is 0.342 e. The molecule has 1 unspecified atom stereocenters. The van der Waals surface area contributed by atoms with Crippen molar-refractivity contribution < 1.29 is 13.5 Å². The standard InChI is InChI=1S/C19H24F2O/c1-2-3-4-5-9-14-22-19(21)13-12-17(18(20)15-19)16-10-7-6-8-11-16/h6-8,10-13H,2-5,9,14-15H2,1H3. The topological polar surface area (TPSA) is 9.23 Å². The van der Waals surface area contributed by atoms with E-state index in [0.29, 0.717) is 12.2 Å². The zero-order chi connectivity index (χ0) is 15.8. The Bertz CT molecular complexity index is 521. The molecule has 120 valence electrons. The van der Waals surface area contributed by atoms with E-state index in [9.17, 15) is 8.78 Å². The predicted molar refractivity (Wildman–Crippen MR) is 86.8 cm³/mol. The summed E-state index contributed by atoms with van der Waals surface area (Å²) in [4.78, 5) is 0. The van der Waals surface area contributed by atoms with E-state index in [0.717, 1.165) is 24.8 Å². The number of benzene rings is 1. The molecular weight excluding hydrogens is 282 g/mol. The van der Waals surface area contributed by atoms with Gasteiger partial charge in [0.2, 0.25) is 5.85 Å². The summed E-state index contributed by atoms with van der Waals surface area (Å²) in [5.74, 6) is -2.46. The highest BCUT2D eigenvalue weighted by molar-refractivity contribution is 5.76. The zero-order valence-electron chi connectivity index (χ0n) is 13.2. The van der Waals surface area contributed by atoms with Crippen LogP contribution in [0.2, 0.25) is 0 Å². The van der Waals surface area contributed by atoms with Gasteiger partial charge in [0.15, 0.2) is 0 Å². The summed E-state index contributed by atoms with van der Waals surface area (Å²) >= 11 is 0. The maximum atomic E-state index is 14.5. The van der Waals surface area contributed by atoms with Crippen LogP contribution >= 0.6 is 0 Å². The van der Waals surface area contributed by atoms with Crippen LogP contribution in [0.15, 0.2) is 48.3 Å². The molecule has 1 aliphatic rings. The van der Waals surface area contributed by atoms with E-state index in [4.69, 9.17) is 4.74 Å². The Labute approximate surface area is 131 Å². The van der Waals surface area contributed by atoms with Crippen LogP contribution in [0.3, 0.4) is 0 Å². The van der Waals surface area contributed by atoms with Gasteiger partial charge in [0.25, 0.3) is 0 Å². The number of halogens is 2. The highest BCUT2D eigenvalue weighted by Gasteiger charge is 2.33. The predicted octanol–water partition coefficient (Wildman–Crippen LogP) is 5.98. The van der Waals surface area contributed by atoms with Crippen molar-refractivity contribution >= 4 is 5.57 Å². The van der Waals surface area contributed by atoms with Crippen LogP contribution in [0.25, 0.3) is 5.57 Å². The lowest BCUT2D eigenvalue weighted by Gasteiger charge is -2.25. The average Bonchev–Trinajstić information content (AvgIpc) is 2.52. The summed E-state index contributed by atoms with van der Waals surface area (Å²) in [5, 5.41) is 0. The molecule has 0 bridgehead atoms. The summed E-state index contributed by atoms with van der Waals surface area (Å²) in [7, 11) is 0. The maximum absolute atomic E-state index is 14.5. The quantitative estimate of drug-likeness (QED) is 0.537. The molecule has 0 radical (unpaired) electrons. The van der Waals surface area contributed by atoms with E-state index in [1.165, 1.54) is 25.0 Å². The molecule has 1 atom stereocenters. The van der Waals surface area contributed by atoms with Crippen molar-refractivity contribution in [2.75, 3.05) is 6.61 Å². The van der Waals surface area contributed by atoms with Gasteiger partial charge in [-0.3, -0.25) is 0 Å². The molecular formula is C19H24F2O. The van der Waals surface area contributed by atoms with Gasteiger partial charge in [-0.1, -0.05) is 69.0 Å². The Morgan fingerprint density at radius 2 is 1.82 bits per heavy atom. The Balaban J connectivity index is 1.86. The molecule has 0 N–H and O–H groups in total. The molecule has 0 amide bonds. The lowest BCUT2D eigenvalue weighted by Crippen LogP contribution is -2.27. The van der Waals surface area contributed by atoms with E-state index in [1.54, 1.807) is 0 Å². The van der Waals surface area contributed by atoms with Crippen molar-refractivity contribution in [2.45, 2.75) is 51.3 Å². The lowest BCUT2D eigenvalue weighted by atomic mass is 9.96. The molecule has 0 saturated heterocycles. The van der Waals surface area contributed by atoms with E-state index < -0.39 is 11.7 Å². The van der Waals surface area contributed by atoms with Crippen LogP contribution in [0.4, 0.5) is 8.78 Å². The van der Waals surface area contributed by atoms with Crippen molar-refractivity contribution in [1.29, 1.82) is 0 Å². The molecule has 1 aromatic carbocycles. The third kappa shape index (κ3) is 4.77. The number of allylic oxidation sites excluding steroid dienone is 2. The van der Waals surface area contributed by atoms with Crippen molar-refractivity contribution in [3.63, 3.8) is 0 Å². The number of ether oxygens (including phenoxy) is 1. The Morgan fingerprint density at radius 3 is 2.50 bits per heavy atom. The first-order valence-electron chi connectivity index (χ1n) is 8.11. The van der Waals surface area contributed by atoms with Gasteiger partial charge in [-0.2, -0.15) is 0 Å². The molecule has 1 aromatic rings. The zero-order valence-corrected chi connectivity index (χ0v) is 13.2. The first-order chi connectivity index (χ1) is 10.6. The second-order valence-corrected chi connectivity index (χ2v) is 5.74. The molecule has 0 saturated carbocycles. The number of hydrogen-bond donors (Lipinski definition) is 0. The Morgan fingerprint density at radius 1 is 1.09 bits per heavy atom. The average molecular weight is 306 g/mol. The molecule has 0 aromatic heterocycles. The molecule has 0 fully saturated rings. The maximum Gasteiger partial charge on any atom is 0.235 e. The van der Waals surface area contributed by atoms with Gasteiger partial charge in [0.1, 0.15) is 5.83 Å². The van der Waals surface area contributed by atoms with Crippen LogP contribution in [-0.4, -0.2) is 12.5 Å². The van der Waals surface area contributed by atoms with E-state index >= 15 is 0 Å². The Hall–Kier alpha value is -1.48. The first-order valence-corrected chi connectivity index (χ1v) is 8.11. The van der Waals surface area contributed by atoms with Crippen LogP contribution in [0, 0.1) is 0 Å². The SMILES string of the molecule is CCCCCCCOC1(F)C=CC(c2ccccc2)=C(F)C1. The van der Waals surface area contributed by atoms with Gasteiger partial charge < -0.3 is 4.74 Å². The third-order valence-corrected chi connectivity index (χ3v) is 3.86. The number of hydrogen-bond acceptors (Lipinski definition) is 1. The molecule has 22 heavy (non-hydrogen) atoms. The van der Waals surface area contributed by atoms with Gasteiger partial charge in [-0.25, -0.2) is 8.78 Å².